The molecular weight excluding hydrogens is 558 g/mol. The average Bonchev–Trinajstić information content (AvgIpc) is 3.37. The van der Waals surface area contributed by atoms with Gasteiger partial charge < -0.3 is 29.6 Å². The van der Waals surface area contributed by atoms with Crippen molar-refractivity contribution < 1.29 is 42.9 Å². The Balaban J connectivity index is 1.75. The van der Waals surface area contributed by atoms with Crippen LogP contribution < -0.4 is 10.6 Å². The lowest BCUT2D eigenvalue weighted by molar-refractivity contribution is -0.239. The molecule has 1 aromatic carbocycles. The van der Waals surface area contributed by atoms with E-state index in [1.807, 2.05) is 30.3 Å². The fourth-order valence-electron chi connectivity index (χ4n) is 4.13. The molecule has 1 aliphatic heterocycles. The molecule has 0 bridgehead atoms. The zero-order valence-electron chi connectivity index (χ0n) is 23.1. The van der Waals surface area contributed by atoms with Crippen molar-refractivity contribution in [3.8, 4) is 0 Å². The van der Waals surface area contributed by atoms with E-state index in [4.69, 9.17) is 18.9 Å². The maximum absolute atomic E-state index is 12.3. The minimum atomic E-state index is -1.23. The topological polar surface area (TPSA) is 177 Å². The molecule has 1 saturated heterocycles. The number of amides is 2. The molecule has 2 heterocycles. The number of rotatable bonds is 12. The number of nitrogens with zero attached hydrogens (tertiary/aromatic N) is 3. The lowest BCUT2D eigenvalue weighted by Gasteiger charge is -2.45. The molecule has 0 aliphatic carbocycles. The highest BCUT2D eigenvalue weighted by Gasteiger charge is 2.51. The van der Waals surface area contributed by atoms with Crippen molar-refractivity contribution in [3.63, 3.8) is 0 Å². The van der Waals surface area contributed by atoms with Gasteiger partial charge in [0.15, 0.2) is 18.4 Å². The van der Waals surface area contributed by atoms with E-state index in [1.54, 1.807) is 0 Å². The average molecular weight is 592 g/mol. The van der Waals surface area contributed by atoms with E-state index in [1.165, 1.54) is 36.5 Å². The van der Waals surface area contributed by atoms with Crippen LogP contribution in [0.4, 0.5) is 0 Å². The van der Waals surface area contributed by atoms with Crippen molar-refractivity contribution >= 4 is 41.5 Å². The number of esters is 3. The van der Waals surface area contributed by atoms with Gasteiger partial charge in [0.1, 0.15) is 24.4 Å². The number of carbonyl (C=O) groups excluding carboxylic acids is 5. The van der Waals surface area contributed by atoms with Crippen LogP contribution in [0.25, 0.3) is 0 Å². The molecule has 2 N–H and O–H groups in total. The van der Waals surface area contributed by atoms with Gasteiger partial charge in [-0.2, -0.15) is 0 Å². The van der Waals surface area contributed by atoms with Crippen LogP contribution in [-0.4, -0.2) is 81.4 Å². The number of carbonyl (C=O) groups is 5. The van der Waals surface area contributed by atoms with Crippen LogP contribution in [-0.2, 0) is 55.2 Å². The maximum atomic E-state index is 12.3. The van der Waals surface area contributed by atoms with Crippen LogP contribution >= 0.6 is 11.8 Å². The van der Waals surface area contributed by atoms with Gasteiger partial charge in [-0.1, -0.05) is 35.5 Å². The number of ether oxygens (including phenoxy) is 4. The molecule has 0 saturated carbocycles. The molecule has 0 unspecified atom stereocenters. The van der Waals surface area contributed by atoms with Crippen LogP contribution in [0.3, 0.4) is 0 Å². The number of benzene rings is 1. The summed E-state index contributed by atoms with van der Waals surface area (Å²) in [5.41, 5.74) is 1.50. The van der Waals surface area contributed by atoms with E-state index in [9.17, 15) is 24.0 Å². The molecule has 222 valence electrons. The Hall–Kier alpha value is -3.98. The van der Waals surface area contributed by atoms with Crippen LogP contribution in [0, 0.1) is 0 Å². The quantitative estimate of drug-likeness (QED) is 0.261. The minimum Gasteiger partial charge on any atom is -0.463 e. The molecule has 2 aromatic rings. The number of hydrogen-bond donors (Lipinski definition) is 2. The molecule has 0 radical (unpaired) electrons. The molecule has 0 spiro atoms. The molecule has 41 heavy (non-hydrogen) atoms. The lowest BCUT2D eigenvalue weighted by Crippen LogP contribution is -2.64. The summed E-state index contributed by atoms with van der Waals surface area (Å²) in [4.78, 5) is 59.9. The monoisotopic (exact) mass is 591 g/mol. The molecule has 1 aliphatic rings. The standard InChI is InChI=1S/C26H33N5O9S/c1-15(32)28-23-25(39-18(4)35)24(38-17(3)34)21(12-37-16(2)33)40-26(23)31-11-20(29-30-31)10-27-22(36)14-41-13-19-8-6-5-7-9-19/h5-9,11,21,23-26H,10,12-14H2,1-4H3,(H,27,36)(H,28,32)/t21-,23-,24-,25-,26-/m1/s1. The van der Waals surface area contributed by atoms with E-state index in [-0.39, 0.29) is 24.8 Å². The van der Waals surface area contributed by atoms with Crippen molar-refractivity contribution in [2.75, 3.05) is 12.4 Å². The molecule has 14 nitrogen and oxygen atoms in total. The van der Waals surface area contributed by atoms with Gasteiger partial charge in [-0.05, 0) is 5.56 Å². The second kappa shape index (κ2) is 15.1. The van der Waals surface area contributed by atoms with Gasteiger partial charge in [0.25, 0.3) is 0 Å². The molecule has 5 atom stereocenters. The largest absolute Gasteiger partial charge is 0.463 e. The zero-order valence-corrected chi connectivity index (χ0v) is 23.9. The third-order valence-electron chi connectivity index (χ3n) is 5.72. The summed E-state index contributed by atoms with van der Waals surface area (Å²) in [7, 11) is 0. The maximum Gasteiger partial charge on any atom is 0.303 e. The first-order chi connectivity index (χ1) is 19.5. The van der Waals surface area contributed by atoms with Gasteiger partial charge in [0, 0.05) is 33.4 Å². The van der Waals surface area contributed by atoms with E-state index in [2.05, 4.69) is 20.9 Å². The fraction of sp³-hybridized carbons (Fsp3) is 0.500. The van der Waals surface area contributed by atoms with Crippen molar-refractivity contribution in [1.29, 1.82) is 0 Å². The summed E-state index contributed by atoms with van der Waals surface area (Å²) in [5.74, 6) is -1.75. The van der Waals surface area contributed by atoms with E-state index in [0.717, 1.165) is 19.4 Å². The molecule has 1 aromatic heterocycles. The summed E-state index contributed by atoms with van der Waals surface area (Å²) in [6, 6.07) is 8.71. The number of nitrogens with one attached hydrogen (secondary N) is 2. The zero-order chi connectivity index (χ0) is 29.9. The molecule has 1 fully saturated rings. The van der Waals surface area contributed by atoms with Crippen LogP contribution in [0.15, 0.2) is 36.5 Å². The van der Waals surface area contributed by atoms with Crippen molar-refractivity contribution in [3.05, 3.63) is 47.8 Å². The minimum absolute atomic E-state index is 0.0720. The number of hydrogen-bond acceptors (Lipinski definition) is 12. The summed E-state index contributed by atoms with van der Waals surface area (Å²) in [5, 5.41) is 13.6. The first-order valence-electron chi connectivity index (χ1n) is 12.7. The van der Waals surface area contributed by atoms with E-state index in [0.29, 0.717) is 11.4 Å². The molecular formula is C26H33N5O9S. The van der Waals surface area contributed by atoms with Gasteiger partial charge in [0.2, 0.25) is 11.8 Å². The SMILES string of the molecule is CC(=O)N[C@@H]1[C@@H](OC(C)=O)[C@H](OC(C)=O)[C@@H](COC(C)=O)O[C@H]1n1cc(CNC(=O)CSCc2ccccc2)nn1. The van der Waals surface area contributed by atoms with Crippen LogP contribution in [0.5, 0.6) is 0 Å². The molecule has 2 amide bonds. The second-order valence-corrected chi connectivity index (χ2v) is 10.2. The second-order valence-electron chi connectivity index (χ2n) is 9.19. The van der Waals surface area contributed by atoms with Crippen LogP contribution in [0.1, 0.15) is 45.2 Å². The highest BCUT2D eigenvalue weighted by Crippen LogP contribution is 2.32. The normalized spacial score (nSPS) is 21.8. The van der Waals surface area contributed by atoms with E-state index >= 15 is 0 Å². The highest BCUT2D eigenvalue weighted by atomic mass is 32.2. The Morgan fingerprint density at radius 1 is 0.976 bits per heavy atom. The van der Waals surface area contributed by atoms with Gasteiger partial charge >= 0.3 is 17.9 Å². The highest BCUT2D eigenvalue weighted by molar-refractivity contribution is 7.99. The summed E-state index contributed by atoms with van der Waals surface area (Å²) in [6.45, 7) is 4.50. The Morgan fingerprint density at radius 3 is 2.29 bits per heavy atom. The van der Waals surface area contributed by atoms with Gasteiger partial charge in [-0.25, -0.2) is 4.68 Å². The first-order valence-corrected chi connectivity index (χ1v) is 13.9. The predicted molar refractivity (Wildman–Crippen MR) is 144 cm³/mol. The number of aromatic nitrogens is 3. The third kappa shape index (κ3) is 9.86. The van der Waals surface area contributed by atoms with Crippen molar-refractivity contribution in [1.82, 2.24) is 25.6 Å². The van der Waals surface area contributed by atoms with Gasteiger partial charge in [-0.3, -0.25) is 24.0 Å². The molecule has 3 rings (SSSR count). The van der Waals surface area contributed by atoms with Crippen molar-refractivity contribution in [2.24, 2.45) is 0 Å². The summed E-state index contributed by atoms with van der Waals surface area (Å²) < 4.78 is 23.4. The van der Waals surface area contributed by atoms with Gasteiger partial charge in [-0.15, -0.1) is 16.9 Å². The van der Waals surface area contributed by atoms with Crippen LogP contribution in [0.2, 0.25) is 0 Å². The Bertz CT molecular complexity index is 1220. The smallest absolute Gasteiger partial charge is 0.303 e. The summed E-state index contributed by atoms with van der Waals surface area (Å²) in [6.07, 6.45) is -3.16. The summed E-state index contributed by atoms with van der Waals surface area (Å²) >= 11 is 1.47. The number of thioether (sulfide) groups is 1. The van der Waals surface area contributed by atoms with Gasteiger partial charge in [0.05, 0.1) is 18.5 Å². The lowest BCUT2D eigenvalue weighted by atomic mass is 9.95. The third-order valence-corrected chi connectivity index (χ3v) is 6.72. The molecule has 15 heteroatoms. The van der Waals surface area contributed by atoms with Crippen molar-refractivity contribution in [2.45, 2.75) is 70.6 Å². The predicted octanol–water partition coefficient (Wildman–Crippen LogP) is 0.656. The Kier molecular flexibility index (Phi) is 11.6. The fourth-order valence-corrected chi connectivity index (χ4v) is 4.95. The first kappa shape index (κ1) is 31.5. The van der Waals surface area contributed by atoms with E-state index < -0.39 is 54.4 Å². The Morgan fingerprint density at radius 2 is 1.66 bits per heavy atom. The Labute approximate surface area is 240 Å².